The summed E-state index contributed by atoms with van der Waals surface area (Å²) >= 11 is 3.28. The van der Waals surface area contributed by atoms with Gasteiger partial charge in [0.05, 0.1) is 0 Å². The fourth-order valence-corrected chi connectivity index (χ4v) is 2.74. The van der Waals surface area contributed by atoms with Gasteiger partial charge in [-0.1, -0.05) is 22.0 Å². The lowest BCUT2D eigenvalue weighted by Gasteiger charge is -2.17. The molecule has 0 aliphatic rings. The molecular weight excluding hydrogens is 379 g/mol. The van der Waals surface area contributed by atoms with Crippen LogP contribution in [-0.4, -0.2) is 32.0 Å². The van der Waals surface area contributed by atoms with Crippen LogP contribution in [0.1, 0.15) is 5.56 Å². The van der Waals surface area contributed by atoms with Gasteiger partial charge in [-0.3, -0.25) is 9.20 Å². The minimum absolute atomic E-state index is 0.103. The van der Waals surface area contributed by atoms with E-state index >= 15 is 0 Å². The van der Waals surface area contributed by atoms with Gasteiger partial charge in [-0.25, -0.2) is 13.9 Å². The quantitative estimate of drug-likeness (QED) is 0.682. The topological polar surface area (TPSA) is 59.6 Å². The van der Waals surface area contributed by atoms with Crippen molar-refractivity contribution >= 4 is 27.5 Å². The molecule has 0 N–H and O–H groups in total. The van der Waals surface area contributed by atoms with Crippen LogP contribution in [0.4, 0.5) is 4.39 Å². The Kier molecular flexibility index (Phi) is 4.48. The second-order valence-corrected chi connectivity index (χ2v) is 6.27. The number of carbonyl (C=O) groups excluding carboxylic acids is 1. The first kappa shape index (κ1) is 16.4. The van der Waals surface area contributed by atoms with E-state index in [1.807, 2.05) is 0 Å². The Labute approximate surface area is 145 Å². The molecule has 2 aromatic heterocycles. The van der Waals surface area contributed by atoms with E-state index in [-0.39, 0.29) is 30.5 Å². The fraction of sp³-hybridized carbons (Fsp3) is 0.188. The average molecular weight is 393 g/mol. The van der Waals surface area contributed by atoms with Crippen LogP contribution in [0.2, 0.25) is 0 Å². The zero-order valence-electron chi connectivity index (χ0n) is 12.8. The molecule has 0 saturated heterocycles. The number of aromatic nitrogens is 3. The normalized spacial score (nSPS) is 11.0. The summed E-state index contributed by atoms with van der Waals surface area (Å²) in [5.74, 6) is -0.720. The number of benzene rings is 1. The molecule has 0 aliphatic heterocycles. The van der Waals surface area contributed by atoms with Crippen LogP contribution in [-0.2, 0) is 17.9 Å². The molecule has 0 spiro atoms. The number of nitrogens with zero attached hydrogens (tertiary/aromatic N) is 4. The number of likely N-dealkylation sites (N-methyl/N-ethyl adjacent to an activating group) is 1. The van der Waals surface area contributed by atoms with Crippen LogP contribution >= 0.6 is 15.9 Å². The Morgan fingerprint density at radius 1 is 1.33 bits per heavy atom. The average Bonchev–Trinajstić information content (AvgIpc) is 2.87. The molecule has 1 amide bonds. The lowest BCUT2D eigenvalue weighted by Crippen LogP contribution is -2.34. The zero-order valence-corrected chi connectivity index (χ0v) is 14.4. The molecule has 0 saturated carbocycles. The van der Waals surface area contributed by atoms with Crippen molar-refractivity contribution in [2.45, 2.75) is 13.1 Å². The molecule has 3 rings (SSSR count). The lowest BCUT2D eigenvalue weighted by atomic mass is 10.2. The minimum Gasteiger partial charge on any atom is -0.340 e. The summed E-state index contributed by atoms with van der Waals surface area (Å²) in [5, 5.41) is 4.11. The van der Waals surface area contributed by atoms with E-state index in [0.717, 1.165) is 9.15 Å². The summed E-state index contributed by atoms with van der Waals surface area (Å²) in [6.07, 6.45) is 1.59. The standard InChI is InChI=1S/C16H14BrFN4O2/c1-20(9-11-8-12(17)5-6-13(11)18)15(23)10-22-16(24)21-7-3-2-4-14(21)19-22/h2-8H,9-10H2,1H3. The van der Waals surface area contributed by atoms with Crippen LogP contribution in [0.15, 0.2) is 51.9 Å². The van der Waals surface area contributed by atoms with Gasteiger partial charge in [0.25, 0.3) is 0 Å². The van der Waals surface area contributed by atoms with Gasteiger partial charge in [-0.15, -0.1) is 5.10 Å². The lowest BCUT2D eigenvalue weighted by molar-refractivity contribution is -0.131. The number of pyridine rings is 1. The maximum Gasteiger partial charge on any atom is 0.350 e. The van der Waals surface area contributed by atoms with E-state index in [9.17, 15) is 14.0 Å². The summed E-state index contributed by atoms with van der Waals surface area (Å²) in [5.41, 5.74) is 0.472. The number of hydrogen-bond acceptors (Lipinski definition) is 3. The number of fused-ring (bicyclic) bond motifs is 1. The molecule has 8 heteroatoms. The Balaban J connectivity index is 1.77. The van der Waals surface area contributed by atoms with Gasteiger partial charge in [0.15, 0.2) is 5.65 Å². The number of rotatable bonds is 4. The maximum absolute atomic E-state index is 13.8. The Morgan fingerprint density at radius 2 is 2.12 bits per heavy atom. The zero-order chi connectivity index (χ0) is 17.3. The Bertz CT molecular complexity index is 966. The van der Waals surface area contributed by atoms with Crippen molar-refractivity contribution in [2.75, 3.05) is 7.05 Å². The molecule has 0 fully saturated rings. The summed E-state index contributed by atoms with van der Waals surface area (Å²) in [7, 11) is 1.56. The highest BCUT2D eigenvalue weighted by Crippen LogP contribution is 2.17. The van der Waals surface area contributed by atoms with E-state index in [1.165, 1.54) is 15.4 Å². The monoisotopic (exact) mass is 392 g/mol. The van der Waals surface area contributed by atoms with Crippen LogP contribution < -0.4 is 5.69 Å². The second-order valence-electron chi connectivity index (χ2n) is 5.35. The van der Waals surface area contributed by atoms with Gasteiger partial charge in [0.2, 0.25) is 5.91 Å². The first-order valence-electron chi connectivity index (χ1n) is 7.18. The predicted molar refractivity (Wildman–Crippen MR) is 90.0 cm³/mol. The van der Waals surface area contributed by atoms with Crippen molar-refractivity contribution in [3.63, 3.8) is 0 Å². The molecule has 124 valence electrons. The Morgan fingerprint density at radius 3 is 2.88 bits per heavy atom. The highest BCUT2D eigenvalue weighted by Gasteiger charge is 2.15. The molecule has 1 aromatic carbocycles. The first-order valence-corrected chi connectivity index (χ1v) is 7.97. The fourth-order valence-electron chi connectivity index (χ4n) is 2.33. The molecule has 3 aromatic rings. The van der Waals surface area contributed by atoms with Crippen molar-refractivity contribution in [3.8, 4) is 0 Å². The third kappa shape index (κ3) is 3.23. The Hall–Kier alpha value is -2.48. The molecule has 2 heterocycles. The number of amides is 1. The SMILES string of the molecule is CN(Cc1cc(Br)ccc1F)C(=O)Cn1nc2ccccn2c1=O. The third-order valence-corrected chi connectivity index (χ3v) is 4.11. The molecule has 6 nitrogen and oxygen atoms in total. The summed E-state index contributed by atoms with van der Waals surface area (Å²) < 4.78 is 17.0. The highest BCUT2D eigenvalue weighted by molar-refractivity contribution is 9.10. The summed E-state index contributed by atoms with van der Waals surface area (Å²) in [6.45, 7) is -0.0983. The van der Waals surface area contributed by atoms with Gasteiger partial charge in [0.1, 0.15) is 12.4 Å². The molecule has 0 radical (unpaired) electrons. The van der Waals surface area contributed by atoms with E-state index in [4.69, 9.17) is 0 Å². The molecule has 0 aliphatic carbocycles. The van der Waals surface area contributed by atoms with Gasteiger partial charge in [-0.2, -0.15) is 0 Å². The molecule has 24 heavy (non-hydrogen) atoms. The number of carbonyl (C=O) groups is 1. The predicted octanol–water partition coefficient (Wildman–Crippen LogP) is 2.06. The summed E-state index contributed by atoms with van der Waals surface area (Å²) in [6, 6.07) is 9.71. The van der Waals surface area contributed by atoms with Crippen molar-refractivity contribution in [2.24, 2.45) is 0 Å². The van der Waals surface area contributed by atoms with Crippen molar-refractivity contribution < 1.29 is 9.18 Å². The smallest absolute Gasteiger partial charge is 0.340 e. The maximum atomic E-state index is 13.8. The van der Waals surface area contributed by atoms with Crippen molar-refractivity contribution in [1.29, 1.82) is 0 Å². The molecule has 0 atom stereocenters. The molecule has 0 bridgehead atoms. The van der Waals surface area contributed by atoms with Gasteiger partial charge < -0.3 is 4.90 Å². The summed E-state index contributed by atoms with van der Waals surface area (Å²) in [4.78, 5) is 25.9. The van der Waals surface area contributed by atoms with Crippen LogP contribution in [0.5, 0.6) is 0 Å². The van der Waals surface area contributed by atoms with Crippen LogP contribution in [0.3, 0.4) is 0 Å². The highest BCUT2D eigenvalue weighted by atomic mass is 79.9. The van der Waals surface area contributed by atoms with Gasteiger partial charge in [-0.05, 0) is 30.3 Å². The third-order valence-electron chi connectivity index (χ3n) is 3.61. The number of halogens is 2. The van der Waals surface area contributed by atoms with Gasteiger partial charge in [0, 0.05) is 29.8 Å². The van der Waals surface area contributed by atoms with Crippen LogP contribution in [0, 0.1) is 5.82 Å². The van der Waals surface area contributed by atoms with Crippen LogP contribution in [0.25, 0.3) is 5.65 Å². The van der Waals surface area contributed by atoms with E-state index in [2.05, 4.69) is 21.0 Å². The van der Waals surface area contributed by atoms with Crippen molar-refractivity contribution in [3.05, 3.63) is 68.9 Å². The van der Waals surface area contributed by atoms with E-state index < -0.39 is 0 Å². The molecular formula is C16H14BrFN4O2. The minimum atomic E-state index is -0.388. The van der Waals surface area contributed by atoms with Gasteiger partial charge >= 0.3 is 5.69 Å². The number of hydrogen-bond donors (Lipinski definition) is 0. The van der Waals surface area contributed by atoms with E-state index in [1.54, 1.807) is 43.6 Å². The largest absolute Gasteiger partial charge is 0.350 e. The van der Waals surface area contributed by atoms with E-state index in [0.29, 0.717) is 11.2 Å². The first-order chi connectivity index (χ1) is 11.5. The molecule has 0 unspecified atom stereocenters. The van der Waals surface area contributed by atoms with Crippen molar-refractivity contribution in [1.82, 2.24) is 19.1 Å². The second kappa shape index (κ2) is 6.56.